The Labute approximate surface area is 112 Å². The van der Waals surface area contributed by atoms with Crippen molar-refractivity contribution in [1.29, 1.82) is 0 Å². The Morgan fingerprint density at radius 2 is 1.58 bits per heavy atom. The maximum atomic E-state index is 12.0. The van der Waals surface area contributed by atoms with Crippen LogP contribution in [0.15, 0.2) is 24.3 Å². The molecule has 2 rings (SSSR count). The first-order valence-electron chi connectivity index (χ1n) is 6.28. The number of carbonyl (C=O) groups is 2. The van der Waals surface area contributed by atoms with E-state index in [9.17, 15) is 14.2 Å². The number of benzene rings is 1. The van der Waals surface area contributed by atoms with Crippen molar-refractivity contribution in [3.05, 3.63) is 35.4 Å². The molecule has 19 heavy (non-hydrogen) atoms. The van der Waals surface area contributed by atoms with Gasteiger partial charge in [0, 0.05) is 12.7 Å². The molecule has 1 unspecified atom stereocenters. The molecule has 1 aromatic rings. The van der Waals surface area contributed by atoms with Gasteiger partial charge in [0.05, 0.1) is 11.1 Å². The molecule has 1 aliphatic rings. The average Bonchev–Trinajstić information content (AvgIpc) is 2.63. The highest BCUT2D eigenvalue weighted by Gasteiger charge is 2.34. The van der Waals surface area contributed by atoms with Crippen molar-refractivity contribution in [2.45, 2.75) is 19.3 Å². The van der Waals surface area contributed by atoms with Crippen LogP contribution in [0.4, 0.5) is 0 Å². The summed E-state index contributed by atoms with van der Waals surface area (Å²) in [6, 6.07) is 6.81. The molecule has 0 saturated heterocycles. The third-order valence-electron chi connectivity index (χ3n) is 3.15. The smallest absolute Gasteiger partial charge is 0.261 e. The summed E-state index contributed by atoms with van der Waals surface area (Å²) >= 11 is 0. The molecule has 1 aromatic carbocycles. The van der Waals surface area contributed by atoms with E-state index < -0.39 is 8.03 Å². The number of carbonyl (C=O) groups excluding carboxylic acids is 2. The molecule has 6 heteroatoms. The second-order valence-corrected chi connectivity index (χ2v) is 5.80. The fraction of sp³-hybridized carbons (Fsp3) is 0.385. The second-order valence-electron chi connectivity index (χ2n) is 4.51. The molecule has 1 aliphatic heterocycles. The highest BCUT2D eigenvalue weighted by Crippen LogP contribution is 2.23. The normalized spacial score (nSPS) is 15.7. The van der Waals surface area contributed by atoms with Crippen molar-refractivity contribution in [3.63, 3.8) is 0 Å². The van der Waals surface area contributed by atoms with Gasteiger partial charge < -0.3 is 4.89 Å². The van der Waals surface area contributed by atoms with Gasteiger partial charge in [0.25, 0.3) is 11.8 Å². The minimum atomic E-state index is -2.40. The summed E-state index contributed by atoms with van der Waals surface area (Å²) in [6.45, 7) is 0.374. The molecule has 0 fully saturated rings. The number of nitrogens with zero attached hydrogens (tertiary/aromatic N) is 1. The zero-order valence-electron chi connectivity index (χ0n) is 10.5. The van der Waals surface area contributed by atoms with Crippen molar-refractivity contribution in [3.8, 4) is 0 Å². The number of fused-ring (bicyclic) bond motifs is 1. The molecule has 2 amide bonds. The van der Waals surface area contributed by atoms with E-state index in [0.29, 0.717) is 36.7 Å². The molecule has 1 heterocycles. The molecular weight excluding hydrogens is 265 g/mol. The first kappa shape index (κ1) is 14.0. The molecule has 0 radical (unpaired) electrons. The van der Waals surface area contributed by atoms with Crippen molar-refractivity contribution >= 4 is 19.8 Å². The lowest BCUT2D eigenvalue weighted by Gasteiger charge is -2.13. The van der Waals surface area contributed by atoms with E-state index >= 15 is 0 Å². The number of hydrogen-bond acceptors (Lipinski definition) is 3. The van der Waals surface area contributed by atoms with Gasteiger partial charge in [0.15, 0.2) is 8.03 Å². The molecule has 1 N–H and O–H groups in total. The number of hydrogen-bond donors (Lipinski definition) is 1. The van der Waals surface area contributed by atoms with Crippen molar-refractivity contribution in [2.24, 2.45) is 0 Å². The fourth-order valence-electron chi connectivity index (χ4n) is 2.17. The van der Waals surface area contributed by atoms with Crippen LogP contribution in [0, 0.1) is 0 Å². The lowest BCUT2D eigenvalue weighted by molar-refractivity contribution is 0.0651. The molecule has 0 spiro atoms. The lowest BCUT2D eigenvalue weighted by Crippen LogP contribution is -2.30. The van der Waals surface area contributed by atoms with Crippen LogP contribution in [-0.4, -0.2) is 34.3 Å². The fourth-order valence-corrected chi connectivity index (χ4v) is 2.72. The van der Waals surface area contributed by atoms with Crippen LogP contribution in [-0.2, 0) is 4.57 Å². The lowest BCUT2D eigenvalue weighted by atomic mass is 10.1. The van der Waals surface area contributed by atoms with E-state index in [0.717, 1.165) is 6.42 Å². The Morgan fingerprint density at radius 3 is 2.11 bits per heavy atom. The number of amides is 2. The van der Waals surface area contributed by atoms with Gasteiger partial charge in [-0.2, -0.15) is 0 Å². The molecule has 102 valence electrons. The second kappa shape index (κ2) is 6.13. The largest absolute Gasteiger partial charge is 0.346 e. The summed E-state index contributed by atoms with van der Waals surface area (Å²) in [4.78, 5) is 33.9. The Kier molecular flexibility index (Phi) is 4.51. The first-order valence-corrected chi connectivity index (χ1v) is 7.84. The highest BCUT2D eigenvalue weighted by molar-refractivity contribution is 7.37. The van der Waals surface area contributed by atoms with E-state index in [1.54, 1.807) is 24.3 Å². The summed E-state index contributed by atoms with van der Waals surface area (Å²) in [7, 11) is -2.40. The van der Waals surface area contributed by atoms with Crippen LogP contribution in [0.2, 0.25) is 0 Å². The first-order chi connectivity index (χ1) is 9.11. The zero-order chi connectivity index (χ0) is 13.8. The van der Waals surface area contributed by atoms with Crippen LogP contribution < -0.4 is 0 Å². The van der Waals surface area contributed by atoms with Crippen LogP contribution in [0.3, 0.4) is 0 Å². The van der Waals surface area contributed by atoms with E-state index in [4.69, 9.17) is 4.89 Å². The standard InChI is InChI=1S/C13H16NO4P/c15-12-10-6-2-3-7-11(10)13(16)14(12)8-4-1-5-9-19(17)18/h2-3,6-7,19H,1,4-5,8-9H2,(H,17,18). The quantitative estimate of drug-likeness (QED) is 0.491. The van der Waals surface area contributed by atoms with Crippen LogP contribution in [0.25, 0.3) is 0 Å². The number of unbranched alkanes of at least 4 members (excludes halogenated alkanes) is 2. The monoisotopic (exact) mass is 281 g/mol. The molecule has 0 aromatic heterocycles. The molecule has 1 atom stereocenters. The van der Waals surface area contributed by atoms with E-state index in [1.807, 2.05) is 0 Å². The zero-order valence-corrected chi connectivity index (χ0v) is 11.5. The Bertz CT molecular complexity index is 494. The van der Waals surface area contributed by atoms with Gasteiger partial charge in [-0.15, -0.1) is 0 Å². The maximum Gasteiger partial charge on any atom is 0.261 e. The Hall–Kier alpha value is -1.45. The van der Waals surface area contributed by atoms with E-state index in [-0.39, 0.29) is 11.8 Å². The predicted octanol–water partition coefficient (Wildman–Crippen LogP) is 1.92. The van der Waals surface area contributed by atoms with Crippen molar-refractivity contribution < 1.29 is 19.0 Å². The molecule has 0 bridgehead atoms. The van der Waals surface area contributed by atoms with Crippen LogP contribution >= 0.6 is 8.03 Å². The average molecular weight is 281 g/mol. The molecular formula is C13H16NO4P. The van der Waals surface area contributed by atoms with Gasteiger partial charge in [-0.05, 0) is 25.0 Å². The highest BCUT2D eigenvalue weighted by atomic mass is 31.1. The summed E-state index contributed by atoms with van der Waals surface area (Å²) in [5.41, 5.74) is 0.931. The van der Waals surface area contributed by atoms with Crippen molar-refractivity contribution in [1.82, 2.24) is 4.90 Å². The van der Waals surface area contributed by atoms with Crippen LogP contribution in [0.5, 0.6) is 0 Å². The Balaban J connectivity index is 1.88. The topological polar surface area (TPSA) is 74.7 Å². The summed E-state index contributed by atoms with van der Waals surface area (Å²) in [6.07, 6.45) is 2.37. The summed E-state index contributed by atoms with van der Waals surface area (Å²) in [5.74, 6) is -0.479. The van der Waals surface area contributed by atoms with Crippen molar-refractivity contribution in [2.75, 3.05) is 12.7 Å². The van der Waals surface area contributed by atoms with E-state index in [2.05, 4.69) is 0 Å². The molecule has 0 aliphatic carbocycles. The number of rotatable bonds is 6. The number of imide groups is 1. The Morgan fingerprint density at radius 1 is 1.00 bits per heavy atom. The van der Waals surface area contributed by atoms with Gasteiger partial charge in [-0.25, -0.2) is 0 Å². The third-order valence-corrected chi connectivity index (χ3v) is 3.93. The van der Waals surface area contributed by atoms with Gasteiger partial charge in [0.1, 0.15) is 0 Å². The van der Waals surface area contributed by atoms with Crippen LogP contribution in [0.1, 0.15) is 40.0 Å². The van der Waals surface area contributed by atoms with Gasteiger partial charge >= 0.3 is 0 Å². The van der Waals surface area contributed by atoms with Gasteiger partial charge in [0.2, 0.25) is 0 Å². The summed E-state index contributed by atoms with van der Waals surface area (Å²) in [5, 5.41) is 0. The van der Waals surface area contributed by atoms with Gasteiger partial charge in [-0.3, -0.25) is 19.1 Å². The third kappa shape index (κ3) is 3.11. The maximum absolute atomic E-state index is 12.0. The summed E-state index contributed by atoms with van der Waals surface area (Å²) < 4.78 is 10.5. The molecule has 5 nitrogen and oxygen atoms in total. The SMILES string of the molecule is O=C1c2ccccc2C(=O)N1CCCCC[PH](=O)O. The van der Waals surface area contributed by atoms with Gasteiger partial charge in [-0.1, -0.05) is 18.6 Å². The minimum Gasteiger partial charge on any atom is -0.346 e. The van der Waals surface area contributed by atoms with E-state index in [1.165, 1.54) is 4.90 Å². The molecule has 0 saturated carbocycles. The minimum absolute atomic E-state index is 0.240. The predicted molar refractivity (Wildman–Crippen MR) is 71.7 cm³/mol.